The Morgan fingerprint density at radius 3 is 2.19 bits per heavy atom. The second-order valence-corrected chi connectivity index (χ2v) is 4.77. The van der Waals surface area contributed by atoms with Crippen LogP contribution >= 0.6 is 0 Å². The number of hydrogen-bond acceptors (Lipinski definition) is 1. The summed E-state index contributed by atoms with van der Waals surface area (Å²) in [6.07, 6.45) is 9.33. The fourth-order valence-corrected chi connectivity index (χ4v) is 1.28. The molecule has 0 rings (SSSR count). The van der Waals surface area contributed by atoms with E-state index in [9.17, 15) is 4.79 Å². The predicted octanol–water partition coefficient (Wildman–Crippen LogP) is 4.46. The van der Waals surface area contributed by atoms with E-state index in [0.29, 0.717) is 5.92 Å². The van der Waals surface area contributed by atoms with Gasteiger partial charge in [-0.1, -0.05) is 43.2 Å². The topological polar surface area (TPSA) is 17.1 Å². The van der Waals surface area contributed by atoms with Crippen molar-refractivity contribution in [2.75, 3.05) is 0 Å². The van der Waals surface area contributed by atoms with Gasteiger partial charge in [0.15, 0.2) is 0 Å². The molecule has 0 bridgehead atoms. The Hall–Kier alpha value is -1.11. The molecular formula is C15H24O. The monoisotopic (exact) mass is 220 g/mol. The Bertz CT molecular complexity index is 299. The van der Waals surface area contributed by atoms with Gasteiger partial charge in [-0.3, -0.25) is 4.79 Å². The molecule has 0 saturated heterocycles. The van der Waals surface area contributed by atoms with Crippen molar-refractivity contribution in [3.63, 3.8) is 0 Å². The van der Waals surface area contributed by atoms with Gasteiger partial charge in [0, 0.05) is 0 Å². The quantitative estimate of drug-likeness (QED) is 0.279. The van der Waals surface area contributed by atoms with Crippen LogP contribution in [0.3, 0.4) is 0 Å². The van der Waals surface area contributed by atoms with Gasteiger partial charge in [-0.2, -0.15) is 0 Å². The van der Waals surface area contributed by atoms with Gasteiger partial charge in [0.25, 0.3) is 0 Å². The maximum Gasteiger partial charge on any atom is 0.146 e. The Morgan fingerprint density at radius 1 is 1.12 bits per heavy atom. The first-order valence-corrected chi connectivity index (χ1v) is 5.93. The highest BCUT2D eigenvalue weighted by Gasteiger charge is 1.99. The first kappa shape index (κ1) is 14.9. The lowest BCUT2D eigenvalue weighted by molar-refractivity contribution is -0.105. The van der Waals surface area contributed by atoms with Gasteiger partial charge in [-0.25, -0.2) is 0 Å². The summed E-state index contributed by atoms with van der Waals surface area (Å²) >= 11 is 0. The van der Waals surface area contributed by atoms with Gasteiger partial charge < -0.3 is 0 Å². The Labute approximate surface area is 99.9 Å². The summed E-state index contributed by atoms with van der Waals surface area (Å²) in [6.45, 7) is 10.4. The van der Waals surface area contributed by atoms with Gasteiger partial charge in [-0.05, 0) is 45.1 Å². The summed E-state index contributed by atoms with van der Waals surface area (Å²) in [5, 5.41) is 0. The molecule has 0 radical (unpaired) electrons. The smallest absolute Gasteiger partial charge is 0.146 e. The first-order valence-electron chi connectivity index (χ1n) is 5.93. The number of carbonyl (C=O) groups is 1. The second-order valence-electron chi connectivity index (χ2n) is 4.77. The maximum absolute atomic E-state index is 10.8. The molecule has 1 nitrogen and oxygen atoms in total. The fraction of sp³-hybridized carbons (Fsp3) is 0.533. The molecule has 1 heteroatoms. The fourth-order valence-electron chi connectivity index (χ4n) is 1.28. The molecule has 0 saturated carbocycles. The van der Waals surface area contributed by atoms with E-state index in [0.717, 1.165) is 24.7 Å². The molecule has 0 unspecified atom stereocenters. The lowest BCUT2D eigenvalue weighted by Crippen LogP contribution is -1.94. The van der Waals surface area contributed by atoms with Crippen LogP contribution in [-0.4, -0.2) is 6.29 Å². The second kappa shape index (κ2) is 8.09. The molecule has 16 heavy (non-hydrogen) atoms. The minimum Gasteiger partial charge on any atom is -0.298 e. The van der Waals surface area contributed by atoms with Crippen molar-refractivity contribution in [3.8, 4) is 0 Å². The molecule has 0 amide bonds. The van der Waals surface area contributed by atoms with Crippen molar-refractivity contribution in [2.24, 2.45) is 5.92 Å². The van der Waals surface area contributed by atoms with Crippen LogP contribution in [0.2, 0.25) is 0 Å². The van der Waals surface area contributed by atoms with Crippen molar-refractivity contribution >= 4 is 6.29 Å². The first-order chi connectivity index (χ1) is 7.47. The molecule has 0 spiro atoms. The zero-order valence-corrected chi connectivity index (χ0v) is 11.2. The maximum atomic E-state index is 10.8. The molecule has 0 atom stereocenters. The number of carbonyl (C=O) groups excluding carboxylic acids is 1. The third-order valence-electron chi connectivity index (χ3n) is 2.45. The number of aldehydes is 1. The van der Waals surface area contributed by atoms with Crippen molar-refractivity contribution in [1.29, 1.82) is 0 Å². The van der Waals surface area contributed by atoms with E-state index in [4.69, 9.17) is 0 Å². The molecule has 0 heterocycles. The van der Waals surface area contributed by atoms with Crippen LogP contribution in [0.25, 0.3) is 0 Å². The lowest BCUT2D eigenvalue weighted by atomic mass is 10.0. The molecule has 0 aromatic rings. The highest BCUT2D eigenvalue weighted by molar-refractivity contribution is 5.74. The van der Waals surface area contributed by atoms with Crippen LogP contribution in [0, 0.1) is 5.92 Å². The van der Waals surface area contributed by atoms with Gasteiger partial charge >= 0.3 is 0 Å². The predicted molar refractivity (Wildman–Crippen MR) is 71.4 cm³/mol. The molecule has 0 aromatic carbocycles. The van der Waals surface area contributed by atoms with Crippen LogP contribution in [0.4, 0.5) is 0 Å². The van der Waals surface area contributed by atoms with Gasteiger partial charge in [0.2, 0.25) is 0 Å². The van der Waals surface area contributed by atoms with Crippen LogP contribution in [0.15, 0.2) is 34.9 Å². The molecule has 0 aliphatic carbocycles. The summed E-state index contributed by atoms with van der Waals surface area (Å²) in [5.41, 5.74) is 3.54. The summed E-state index contributed by atoms with van der Waals surface area (Å²) in [7, 11) is 0. The minimum absolute atomic E-state index is 0.305. The van der Waals surface area contributed by atoms with Crippen LogP contribution in [-0.2, 0) is 4.79 Å². The van der Waals surface area contributed by atoms with E-state index in [2.05, 4.69) is 32.9 Å². The molecular weight excluding hydrogens is 196 g/mol. The summed E-state index contributed by atoms with van der Waals surface area (Å²) in [5.74, 6) is 0.305. The summed E-state index contributed by atoms with van der Waals surface area (Å²) < 4.78 is 0. The van der Waals surface area contributed by atoms with Crippen molar-refractivity contribution in [1.82, 2.24) is 0 Å². The SMILES string of the molecule is CC(C)=CCCC(C)=CC=C(C=O)C(C)C. The van der Waals surface area contributed by atoms with Gasteiger partial charge in [0.05, 0.1) is 0 Å². The van der Waals surface area contributed by atoms with Crippen molar-refractivity contribution in [3.05, 3.63) is 34.9 Å². The average molecular weight is 220 g/mol. The molecule has 0 N–H and O–H groups in total. The van der Waals surface area contributed by atoms with E-state index in [-0.39, 0.29) is 0 Å². The van der Waals surface area contributed by atoms with E-state index in [1.165, 1.54) is 11.1 Å². The zero-order chi connectivity index (χ0) is 12.6. The van der Waals surface area contributed by atoms with Gasteiger partial charge in [-0.15, -0.1) is 0 Å². The van der Waals surface area contributed by atoms with Crippen LogP contribution in [0.5, 0.6) is 0 Å². The van der Waals surface area contributed by atoms with Crippen LogP contribution < -0.4 is 0 Å². The summed E-state index contributed by atoms with van der Waals surface area (Å²) in [4.78, 5) is 10.8. The third kappa shape index (κ3) is 7.22. The lowest BCUT2D eigenvalue weighted by Gasteiger charge is -2.02. The molecule has 90 valence electrons. The third-order valence-corrected chi connectivity index (χ3v) is 2.45. The van der Waals surface area contributed by atoms with Gasteiger partial charge in [0.1, 0.15) is 6.29 Å². The molecule has 0 fully saturated rings. The highest BCUT2D eigenvalue weighted by Crippen LogP contribution is 2.10. The number of hydrogen-bond donors (Lipinski definition) is 0. The van der Waals surface area contributed by atoms with E-state index in [1.54, 1.807) is 0 Å². The highest BCUT2D eigenvalue weighted by atomic mass is 16.1. The van der Waals surface area contributed by atoms with Crippen molar-refractivity contribution < 1.29 is 4.79 Å². The van der Waals surface area contributed by atoms with Crippen LogP contribution in [0.1, 0.15) is 47.5 Å². The van der Waals surface area contributed by atoms with E-state index < -0.39 is 0 Å². The van der Waals surface area contributed by atoms with Crippen molar-refractivity contribution in [2.45, 2.75) is 47.5 Å². The Balaban J connectivity index is 4.32. The molecule has 0 aliphatic rings. The minimum atomic E-state index is 0.305. The Morgan fingerprint density at radius 2 is 1.75 bits per heavy atom. The summed E-state index contributed by atoms with van der Waals surface area (Å²) in [6, 6.07) is 0. The number of rotatable bonds is 6. The largest absolute Gasteiger partial charge is 0.298 e. The molecule has 0 aromatic heterocycles. The standard InChI is InChI=1S/C15H24O/c1-12(2)7-6-8-14(5)9-10-15(11-16)13(3)4/h7,9-11,13H,6,8H2,1-5H3. The Kier molecular flexibility index (Phi) is 7.53. The van der Waals surface area contributed by atoms with E-state index >= 15 is 0 Å². The number of allylic oxidation sites excluding steroid dienone is 6. The van der Waals surface area contributed by atoms with E-state index in [1.807, 2.05) is 19.9 Å². The zero-order valence-electron chi connectivity index (χ0n) is 11.2. The average Bonchev–Trinajstić information content (AvgIpc) is 2.17. The normalized spacial score (nSPS) is 12.9. The molecule has 0 aliphatic heterocycles.